The van der Waals surface area contributed by atoms with E-state index in [0.29, 0.717) is 6.42 Å². The van der Waals surface area contributed by atoms with Crippen LogP contribution >= 0.6 is 0 Å². The number of rotatable bonds is 4. The number of carbonyl (C=O) groups is 1. The summed E-state index contributed by atoms with van der Waals surface area (Å²) in [5.41, 5.74) is -0.558. The highest BCUT2D eigenvalue weighted by atomic mass is 32.2. The van der Waals surface area contributed by atoms with Gasteiger partial charge in [0, 0.05) is 5.92 Å². The lowest BCUT2D eigenvalue weighted by molar-refractivity contribution is -0.126. The zero-order chi connectivity index (χ0) is 12.4. The van der Waals surface area contributed by atoms with Crippen molar-refractivity contribution < 1.29 is 13.2 Å². The van der Waals surface area contributed by atoms with Crippen molar-refractivity contribution in [1.82, 2.24) is 5.32 Å². The van der Waals surface area contributed by atoms with Crippen molar-refractivity contribution in [2.24, 2.45) is 5.92 Å². The van der Waals surface area contributed by atoms with Crippen LogP contribution in [0.4, 0.5) is 0 Å². The van der Waals surface area contributed by atoms with Gasteiger partial charge in [-0.1, -0.05) is 20.3 Å². The molecular weight excluding hydrogens is 226 g/mol. The molecule has 1 heterocycles. The number of carbonyl (C=O) groups excluding carboxylic acids is 1. The van der Waals surface area contributed by atoms with Crippen LogP contribution in [0.3, 0.4) is 0 Å². The monoisotopic (exact) mass is 247 g/mol. The van der Waals surface area contributed by atoms with Crippen LogP contribution in [-0.4, -0.2) is 31.4 Å². The molecule has 0 saturated carbocycles. The first-order valence-electron chi connectivity index (χ1n) is 5.80. The van der Waals surface area contributed by atoms with Gasteiger partial charge in [-0.2, -0.15) is 0 Å². The highest BCUT2D eigenvalue weighted by Gasteiger charge is 2.39. The summed E-state index contributed by atoms with van der Waals surface area (Å²) >= 11 is 0. The van der Waals surface area contributed by atoms with E-state index < -0.39 is 15.4 Å². The fraction of sp³-hybridized carbons (Fsp3) is 0.909. The average Bonchev–Trinajstić information content (AvgIpc) is 2.40. The van der Waals surface area contributed by atoms with Gasteiger partial charge in [0.15, 0.2) is 9.84 Å². The number of nitrogens with one attached hydrogen (secondary N) is 1. The Balaban J connectivity index is 2.58. The molecule has 2 atom stereocenters. The average molecular weight is 247 g/mol. The summed E-state index contributed by atoms with van der Waals surface area (Å²) in [6, 6.07) is 0. The van der Waals surface area contributed by atoms with Gasteiger partial charge in [0.2, 0.25) is 5.91 Å². The summed E-state index contributed by atoms with van der Waals surface area (Å²) in [5.74, 6) is 0.197. The van der Waals surface area contributed by atoms with Crippen LogP contribution in [0.2, 0.25) is 0 Å². The molecule has 1 saturated heterocycles. The minimum atomic E-state index is -2.95. The van der Waals surface area contributed by atoms with E-state index in [9.17, 15) is 13.2 Å². The van der Waals surface area contributed by atoms with E-state index in [-0.39, 0.29) is 23.3 Å². The Morgan fingerprint density at radius 3 is 2.56 bits per heavy atom. The van der Waals surface area contributed by atoms with E-state index in [0.717, 1.165) is 12.8 Å². The molecule has 94 valence electrons. The molecule has 1 amide bonds. The second-order valence-corrected chi connectivity index (χ2v) is 7.27. The molecule has 0 aliphatic carbocycles. The number of hydrogen-bond acceptors (Lipinski definition) is 3. The van der Waals surface area contributed by atoms with Crippen LogP contribution in [0.15, 0.2) is 0 Å². The highest BCUT2D eigenvalue weighted by Crippen LogP contribution is 2.23. The number of sulfone groups is 1. The Labute approximate surface area is 97.7 Å². The predicted octanol–water partition coefficient (Wildman–Crippen LogP) is 1.12. The van der Waals surface area contributed by atoms with E-state index >= 15 is 0 Å². The molecule has 1 fully saturated rings. The van der Waals surface area contributed by atoms with Crippen molar-refractivity contribution in [3.05, 3.63) is 0 Å². The zero-order valence-electron chi connectivity index (χ0n) is 10.2. The van der Waals surface area contributed by atoms with Gasteiger partial charge < -0.3 is 5.32 Å². The van der Waals surface area contributed by atoms with Crippen molar-refractivity contribution in [2.45, 2.75) is 45.6 Å². The Morgan fingerprint density at radius 2 is 2.12 bits per heavy atom. The van der Waals surface area contributed by atoms with Gasteiger partial charge in [-0.25, -0.2) is 8.42 Å². The van der Waals surface area contributed by atoms with Crippen molar-refractivity contribution >= 4 is 15.7 Å². The van der Waals surface area contributed by atoms with E-state index in [4.69, 9.17) is 0 Å². The molecule has 5 heteroatoms. The molecule has 1 N–H and O–H groups in total. The number of amides is 1. The highest BCUT2D eigenvalue weighted by molar-refractivity contribution is 7.91. The first-order chi connectivity index (χ1) is 7.28. The lowest BCUT2D eigenvalue weighted by atomic mass is 9.99. The SMILES string of the molecule is CCCC(C)C(=O)NC1(C)CCS(=O)(=O)C1. The van der Waals surface area contributed by atoms with E-state index in [2.05, 4.69) is 5.32 Å². The molecule has 16 heavy (non-hydrogen) atoms. The summed E-state index contributed by atoms with van der Waals surface area (Å²) in [7, 11) is -2.95. The van der Waals surface area contributed by atoms with E-state index in [1.165, 1.54) is 0 Å². The maximum atomic E-state index is 11.8. The summed E-state index contributed by atoms with van der Waals surface area (Å²) in [4.78, 5) is 11.8. The third kappa shape index (κ3) is 3.47. The van der Waals surface area contributed by atoms with Gasteiger partial charge in [0.25, 0.3) is 0 Å². The second-order valence-electron chi connectivity index (χ2n) is 5.08. The van der Waals surface area contributed by atoms with Crippen LogP contribution in [-0.2, 0) is 14.6 Å². The van der Waals surface area contributed by atoms with Gasteiger partial charge in [0.05, 0.1) is 17.0 Å². The summed E-state index contributed by atoms with van der Waals surface area (Å²) in [6.45, 7) is 5.73. The van der Waals surface area contributed by atoms with Crippen molar-refractivity contribution in [3.63, 3.8) is 0 Å². The largest absolute Gasteiger partial charge is 0.350 e. The minimum Gasteiger partial charge on any atom is -0.350 e. The van der Waals surface area contributed by atoms with E-state index in [1.807, 2.05) is 20.8 Å². The van der Waals surface area contributed by atoms with Crippen LogP contribution in [0, 0.1) is 5.92 Å². The minimum absolute atomic E-state index is 0.0264. The lowest BCUT2D eigenvalue weighted by Crippen LogP contribution is -2.48. The summed E-state index contributed by atoms with van der Waals surface area (Å²) in [5, 5.41) is 2.88. The van der Waals surface area contributed by atoms with Crippen LogP contribution in [0.5, 0.6) is 0 Å². The molecular formula is C11H21NO3S. The first kappa shape index (κ1) is 13.5. The van der Waals surface area contributed by atoms with Crippen LogP contribution in [0.25, 0.3) is 0 Å². The van der Waals surface area contributed by atoms with Crippen LogP contribution in [0.1, 0.15) is 40.0 Å². The van der Waals surface area contributed by atoms with E-state index in [1.54, 1.807) is 0 Å². The molecule has 1 aliphatic heterocycles. The standard InChI is InChI=1S/C11H21NO3S/c1-4-5-9(2)10(13)12-11(3)6-7-16(14,15)8-11/h9H,4-8H2,1-3H3,(H,12,13). The molecule has 0 aromatic heterocycles. The van der Waals surface area contributed by atoms with Gasteiger partial charge in [-0.15, -0.1) is 0 Å². The summed E-state index contributed by atoms with van der Waals surface area (Å²) in [6.07, 6.45) is 2.33. The quantitative estimate of drug-likeness (QED) is 0.809. The Kier molecular flexibility index (Phi) is 3.99. The van der Waals surface area contributed by atoms with Gasteiger partial charge in [-0.3, -0.25) is 4.79 Å². The molecule has 0 bridgehead atoms. The van der Waals surface area contributed by atoms with Gasteiger partial charge >= 0.3 is 0 Å². The zero-order valence-corrected chi connectivity index (χ0v) is 11.1. The Hall–Kier alpha value is -0.580. The van der Waals surface area contributed by atoms with Crippen molar-refractivity contribution in [2.75, 3.05) is 11.5 Å². The Bertz CT molecular complexity index is 363. The van der Waals surface area contributed by atoms with Crippen LogP contribution < -0.4 is 5.32 Å². The molecule has 0 aromatic rings. The molecule has 1 aliphatic rings. The topological polar surface area (TPSA) is 63.2 Å². The molecule has 0 spiro atoms. The summed E-state index contributed by atoms with van der Waals surface area (Å²) < 4.78 is 22.7. The molecule has 0 aromatic carbocycles. The maximum absolute atomic E-state index is 11.8. The molecule has 0 radical (unpaired) electrons. The van der Waals surface area contributed by atoms with Gasteiger partial charge in [0.1, 0.15) is 0 Å². The molecule has 2 unspecified atom stereocenters. The van der Waals surface area contributed by atoms with Crippen molar-refractivity contribution in [1.29, 1.82) is 0 Å². The van der Waals surface area contributed by atoms with Crippen molar-refractivity contribution in [3.8, 4) is 0 Å². The first-order valence-corrected chi connectivity index (χ1v) is 7.62. The van der Waals surface area contributed by atoms with Gasteiger partial charge in [-0.05, 0) is 19.8 Å². The third-order valence-corrected chi connectivity index (χ3v) is 5.00. The normalized spacial score (nSPS) is 29.9. The second kappa shape index (κ2) is 4.73. The number of hydrogen-bond donors (Lipinski definition) is 1. The third-order valence-electron chi connectivity index (χ3n) is 3.10. The molecule has 1 rings (SSSR count). The maximum Gasteiger partial charge on any atom is 0.223 e. The Morgan fingerprint density at radius 1 is 1.50 bits per heavy atom. The molecule has 4 nitrogen and oxygen atoms in total. The fourth-order valence-corrected chi connectivity index (χ4v) is 4.19. The predicted molar refractivity (Wildman–Crippen MR) is 63.9 cm³/mol. The lowest BCUT2D eigenvalue weighted by Gasteiger charge is -2.25. The fourth-order valence-electron chi connectivity index (χ4n) is 2.09. The smallest absolute Gasteiger partial charge is 0.223 e.